The predicted molar refractivity (Wildman–Crippen MR) is 82.0 cm³/mol. The third-order valence-electron chi connectivity index (χ3n) is 2.60. The molecule has 1 atom stereocenters. The molecular formula is C16H21NO6. The van der Waals surface area contributed by atoms with E-state index in [0.29, 0.717) is 5.56 Å². The summed E-state index contributed by atoms with van der Waals surface area (Å²) in [6, 6.07) is 7.03. The number of nitrogens with one attached hydrogen (secondary N) is 1. The van der Waals surface area contributed by atoms with E-state index < -0.39 is 36.9 Å². The van der Waals surface area contributed by atoms with Crippen molar-refractivity contribution in [3.8, 4) is 0 Å². The lowest BCUT2D eigenvalue weighted by molar-refractivity contribution is -0.146. The van der Waals surface area contributed by atoms with Gasteiger partial charge in [0.15, 0.2) is 18.4 Å². The van der Waals surface area contributed by atoms with Gasteiger partial charge < -0.3 is 19.9 Å². The number of aliphatic hydroxyl groups is 1. The zero-order valence-corrected chi connectivity index (χ0v) is 13.4. The molecule has 1 aromatic rings. The van der Waals surface area contributed by atoms with E-state index >= 15 is 0 Å². The Balaban J connectivity index is 2.51. The Morgan fingerprint density at radius 2 is 1.78 bits per heavy atom. The van der Waals surface area contributed by atoms with Crippen molar-refractivity contribution in [2.24, 2.45) is 0 Å². The molecule has 7 heteroatoms. The van der Waals surface area contributed by atoms with Crippen molar-refractivity contribution in [3.05, 3.63) is 35.9 Å². The van der Waals surface area contributed by atoms with Gasteiger partial charge in [-0.2, -0.15) is 0 Å². The monoisotopic (exact) mass is 323 g/mol. The normalized spacial score (nSPS) is 12.2. The van der Waals surface area contributed by atoms with Crippen LogP contribution < -0.4 is 5.32 Å². The third-order valence-corrected chi connectivity index (χ3v) is 2.60. The van der Waals surface area contributed by atoms with Gasteiger partial charge in [-0.25, -0.2) is 9.59 Å². The minimum Gasteiger partial charge on any atom is -0.456 e. The molecule has 0 aliphatic rings. The molecule has 0 aromatic heterocycles. The van der Waals surface area contributed by atoms with Crippen molar-refractivity contribution < 1.29 is 29.0 Å². The third kappa shape index (κ3) is 6.92. The van der Waals surface area contributed by atoms with E-state index in [1.807, 2.05) is 0 Å². The quantitative estimate of drug-likeness (QED) is 0.604. The molecule has 1 rings (SSSR count). The molecule has 23 heavy (non-hydrogen) atoms. The van der Waals surface area contributed by atoms with Crippen LogP contribution in [0.1, 0.15) is 31.1 Å². The van der Waals surface area contributed by atoms with Gasteiger partial charge in [0, 0.05) is 5.56 Å². The fourth-order valence-electron chi connectivity index (χ4n) is 1.57. The van der Waals surface area contributed by atoms with E-state index in [1.54, 1.807) is 51.1 Å². The molecule has 1 aromatic carbocycles. The lowest BCUT2D eigenvalue weighted by Gasteiger charge is -2.22. The minimum absolute atomic E-state index is 0.382. The smallest absolute Gasteiger partial charge is 0.408 e. The van der Waals surface area contributed by atoms with E-state index in [-0.39, 0.29) is 5.78 Å². The van der Waals surface area contributed by atoms with Crippen LogP contribution in [-0.2, 0) is 14.3 Å². The van der Waals surface area contributed by atoms with Gasteiger partial charge in [-0.3, -0.25) is 4.79 Å². The van der Waals surface area contributed by atoms with Gasteiger partial charge >= 0.3 is 12.1 Å². The van der Waals surface area contributed by atoms with Crippen molar-refractivity contribution in [1.82, 2.24) is 5.32 Å². The highest BCUT2D eigenvalue weighted by Gasteiger charge is 2.25. The highest BCUT2D eigenvalue weighted by molar-refractivity contribution is 5.98. The van der Waals surface area contributed by atoms with Crippen LogP contribution in [-0.4, -0.2) is 47.8 Å². The summed E-state index contributed by atoms with van der Waals surface area (Å²) < 4.78 is 9.80. The number of rotatable bonds is 6. The summed E-state index contributed by atoms with van der Waals surface area (Å²) in [6.07, 6.45) is -0.858. The summed E-state index contributed by atoms with van der Waals surface area (Å²) in [5.74, 6) is -1.30. The second-order valence-corrected chi connectivity index (χ2v) is 5.78. The average molecular weight is 323 g/mol. The second kappa shape index (κ2) is 8.28. The number of hydrogen-bond acceptors (Lipinski definition) is 6. The average Bonchev–Trinajstić information content (AvgIpc) is 2.49. The van der Waals surface area contributed by atoms with Crippen LogP contribution in [0.2, 0.25) is 0 Å². The number of alkyl carbamates (subject to hydrolysis) is 1. The lowest BCUT2D eigenvalue weighted by atomic mass is 10.1. The number of amides is 1. The first-order valence-electron chi connectivity index (χ1n) is 7.08. The molecule has 1 amide bonds. The number of esters is 1. The Bertz CT molecular complexity index is 549. The number of carbonyl (C=O) groups excluding carboxylic acids is 3. The van der Waals surface area contributed by atoms with Crippen LogP contribution in [0, 0.1) is 0 Å². The van der Waals surface area contributed by atoms with Crippen molar-refractivity contribution >= 4 is 17.8 Å². The summed E-state index contributed by atoms with van der Waals surface area (Å²) in [4.78, 5) is 35.2. The topological polar surface area (TPSA) is 102 Å². The molecular weight excluding hydrogens is 302 g/mol. The molecule has 0 fully saturated rings. The van der Waals surface area contributed by atoms with E-state index in [0.717, 1.165) is 0 Å². The largest absolute Gasteiger partial charge is 0.456 e. The van der Waals surface area contributed by atoms with Gasteiger partial charge in [0.1, 0.15) is 5.60 Å². The first-order chi connectivity index (χ1) is 10.7. The van der Waals surface area contributed by atoms with Crippen LogP contribution in [0.5, 0.6) is 0 Å². The maximum atomic E-state index is 11.8. The van der Waals surface area contributed by atoms with Crippen LogP contribution in [0.4, 0.5) is 4.79 Å². The molecule has 2 N–H and O–H groups in total. The van der Waals surface area contributed by atoms with Crippen molar-refractivity contribution in [1.29, 1.82) is 0 Å². The molecule has 0 aliphatic heterocycles. The Morgan fingerprint density at radius 1 is 1.17 bits per heavy atom. The number of Topliss-reactive ketones (excluding diaryl/α,β-unsaturated/α-hetero) is 1. The molecule has 0 unspecified atom stereocenters. The fourth-order valence-corrected chi connectivity index (χ4v) is 1.57. The first-order valence-corrected chi connectivity index (χ1v) is 7.08. The minimum atomic E-state index is -1.30. The van der Waals surface area contributed by atoms with E-state index in [2.05, 4.69) is 5.32 Å². The van der Waals surface area contributed by atoms with Crippen molar-refractivity contribution in [3.63, 3.8) is 0 Å². The van der Waals surface area contributed by atoms with Crippen LogP contribution in [0.25, 0.3) is 0 Å². The van der Waals surface area contributed by atoms with Gasteiger partial charge in [-0.05, 0) is 20.8 Å². The number of carbonyl (C=O) groups is 3. The van der Waals surface area contributed by atoms with E-state index in [9.17, 15) is 14.4 Å². The first kappa shape index (κ1) is 18.6. The molecule has 7 nitrogen and oxygen atoms in total. The second-order valence-electron chi connectivity index (χ2n) is 5.78. The Labute approximate surface area is 134 Å². The molecule has 0 saturated heterocycles. The summed E-state index contributed by atoms with van der Waals surface area (Å²) in [5, 5.41) is 11.4. The number of ether oxygens (including phenoxy) is 2. The number of hydrogen-bond donors (Lipinski definition) is 2. The molecule has 0 saturated carbocycles. The molecule has 126 valence electrons. The molecule has 0 heterocycles. The molecule has 0 spiro atoms. The van der Waals surface area contributed by atoms with E-state index in [1.165, 1.54) is 0 Å². The summed E-state index contributed by atoms with van der Waals surface area (Å²) in [7, 11) is 0. The van der Waals surface area contributed by atoms with Crippen LogP contribution >= 0.6 is 0 Å². The molecule has 0 bridgehead atoms. The Kier molecular flexibility index (Phi) is 6.71. The SMILES string of the molecule is CC(C)(C)OC(=O)N[C@H](CO)C(=O)OCC(=O)c1ccccc1. The Morgan fingerprint density at radius 3 is 2.30 bits per heavy atom. The standard InChI is InChI=1S/C16H21NO6/c1-16(2,3)23-15(21)17-12(9-18)14(20)22-10-13(19)11-7-5-4-6-8-11/h4-8,12,18H,9-10H2,1-3H3,(H,17,21)/t12-/m1/s1. The molecule has 0 radical (unpaired) electrons. The van der Waals surface area contributed by atoms with Gasteiger partial charge in [0.2, 0.25) is 0 Å². The van der Waals surface area contributed by atoms with Gasteiger partial charge in [-0.1, -0.05) is 30.3 Å². The summed E-state index contributed by atoms with van der Waals surface area (Å²) in [6.45, 7) is 3.85. The van der Waals surface area contributed by atoms with Gasteiger partial charge in [0.25, 0.3) is 0 Å². The Hall–Kier alpha value is -2.41. The van der Waals surface area contributed by atoms with E-state index in [4.69, 9.17) is 14.6 Å². The lowest BCUT2D eigenvalue weighted by Crippen LogP contribution is -2.46. The summed E-state index contributed by atoms with van der Waals surface area (Å²) in [5.41, 5.74) is -0.335. The maximum Gasteiger partial charge on any atom is 0.408 e. The van der Waals surface area contributed by atoms with Gasteiger partial charge in [0.05, 0.1) is 6.61 Å². The highest BCUT2D eigenvalue weighted by atomic mass is 16.6. The van der Waals surface area contributed by atoms with Crippen LogP contribution in [0.3, 0.4) is 0 Å². The van der Waals surface area contributed by atoms with Crippen molar-refractivity contribution in [2.75, 3.05) is 13.2 Å². The zero-order chi connectivity index (χ0) is 17.5. The number of ketones is 1. The highest BCUT2D eigenvalue weighted by Crippen LogP contribution is 2.07. The number of benzene rings is 1. The van der Waals surface area contributed by atoms with Crippen molar-refractivity contribution in [2.45, 2.75) is 32.4 Å². The predicted octanol–water partition coefficient (Wildman–Crippen LogP) is 1.30. The van der Waals surface area contributed by atoms with Crippen LogP contribution in [0.15, 0.2) is 30.3 Å². The molecule has 0 aliphatic carbocycles. The number of aliphatic hydroxyl groups excluding tert-OH is 1. The fraction of sp³-hybridized carbons (Fsp3) is 0.438. The maximum absolute atomic E-state index is 11.8. The summed E-state index contributed by atoms with van der Waals surface area (Å²) >= 11 is 0. The zero-order valence-electron chi connectivity index (χ0n) is 13.4. The van der Waals surface area contributed by atoms with Gasteiger partial charge in [-0.15, -0.1) is 0 Å².